The first kappa shape index (κ1) is 12.7. The summed E-state index contributed by atoms with van der Waals surface area (Å²) in [6.07, 6.45) is 1.46. The Morgan fingerprint density at radius 1 is 1.39 bits per heavy atom. The van der Waals surface area contributed by atoms with Gasteiger partial charge in [-0.05, 0) is 24.3 Å². The second-order valence-corrected chi connectivity index (χ2v) is 5.45. The normalized spacial score (nSPS) is 12.0. The van der Waals surface area contributed by atoms with E-state index in [2.05, 4.69) is 10.1 Å². The van der Waals surface area contributed by atoms with Crippen LogP contribution in [0.2, 0.25) is 5.02 Å². The number of aryl methyl sites for hydroxylation is 1. The molecule has 0 unspecified atom stereocenters. The Morgan fingerprint density at radius 3 is 2.72 bits per heavy atom. The molecular weight excluding hydrogens is 272 g/mol. The molecule has 0 aliphatic heterocycles. The quantitative estimate of drug-likeness (QED) is 0.853. The van der Waals surface area contributed by atoms with Crippen molar-refractivity contribution in [1.29, 1.82) is 5.26 Å². The molecule has 0 fully saturated rings. The molecule has 0 aliphatic rings. The fourth-order valence-corrected chi connectivity index (χ4v) is 2.49. The van der Waals surface area contributed by atoms with E-state index in [1.807, 2.05) is 6.07 Å². The molecule has 1 heterocycles. The molecule has 92 valence electrons. The Morgan fingerprint density at radius 2 is 2.11 bits per heavy atom. The van der Waals surface area contributed by atoms with Gasteiger partial charge >= 0.3 is 0 Å². The van der Waals surface area contributed by atoms with Gasteiger partial charge in [-0.2, -0.15) is 5.26 Å². The number of nitrogens with zero attached hydrogens (tertiary/aromatic N) is 4. The van der Waals surface area contributed by atoms with E-state index in [0.29, 0.717) is 17.3 Å². The van der Waals surface area contributed by atoms with Crippen LogP contribution in [0.4, 0.5) is 0 Å². The summed E-state index contributed by atoms with van der Waals surface area (Å²) >= 11 is 5.76. The zero-order chi connectivity index (χ0) is 13.0. The lowest BCUT2D eigenvalue weighted by atomic mass is 10.4. The van der Waals surface area contributed by atoms with E-state index < -0.39 is 10.8 Å². The predicted octanol–water partition coefficient (Wildman–Crippen LogP) is 1.61. The van der Waals surface area contributed by atoms with Crippen molar-refractivity contribution < 1.29 is 4.21 Å². The number of hydrogen-bond donors (Lipinski definition) is 0. The smallest absolute Gasteiger partial charge is 0.252 e. The molecule has 2 aromatic rings. The highest BCUT2D eigenvalue weighted by molar-refractivity contribution is 7.85. The van der Waals surface area contributed by atoms with Gasteiger partial charge in [0.1, 0.15) is 12.4 Å². The summed E-state index contributed by atoms with van der Waals surface area (Å²) in [6, 6.07) is 8.73. The van der Waals surface area contributed by atoms with Crippen molar-refractivity contribution in [1.82, 2.24) is 14.8 Å². The van der Waals surface area contributed by atoms with Crippen molar-refractivity contribution in [3.05, 3.63) is 41.4 Å². The van der Waals surface area contributed by atoms with Crippen LogP contribution in [-0.4, -0.2) is 24.7 Å². The zero-order valence-electron chi connectivity index (χ0n) is 9.28. The molecule has 0 radical (unpaired) electrons. The van der Waals surface area contributed by atoms with E-state index in [1.54, 1.807) is 24.3 Å². The van der Waals surface area contributed by atoms with E-state index in [9.17, 15) is 4.21 Å². The number of aromatic nitrogens is 3. The third kappa shape index (κ3) is 3.15. The van der Waals surface area contributed by atoms with E-state index in [4.69, 9.17) is 16.9 Å². The summed E-state index contributed by atoms with van der Waals surface area (Å²) < 4.78 is 13.5. The molecular formula is C11H9ClN4OS. The SMILES string of the molecule is N#Cc1ncn(CC[S@@](=O)c2ccc(Cl)cc2)n1. The van der Waals surface area contributed by atoms with E-state index in [1.165, 1.54) is 11.0 Å². The molecule has 2 rings (SSSR count). The van der Waals surface area contributed by atoms with Crippen LogP contribution in [-0.2, 0) is 17.3 Å². The zero-order valence-corrected chi connectivity index (χ0v) is 10.9. The van der Waals surface area contributed by atoms with Crippen molar-refractivity contribution in [2.75, 3.05) is 5.75 Å². The minimum absolute atomic E-state index is 0.118. The minimum atomic E-state index is -1.12. The molecule has 0 spiro atoms. The summed E-state index contributed by atoms with van der Waals surface area (Å²) in [5.74, 6) is 0.530. The number of benzene rings is 1. The first-order valence-electron chi connectivity index (χ1n) is 5.12. The summed E-state index contributed by atoms with van der Waals surface area (Å²) in [7, 11) is -1.12. The Balaban J connectivity index is 1.96. The second kappa shape index (κ2) is 5.76. The average molecular weight is 281 g/mol. The summed E-state index contributed by atoms with van der Waals surface area (Å²) in [4.78, 5) is 4.49. The topological polar surface area (TPSA) is 71.6 Å². The van der Waals surface area contributed by atoms with Crippen molar-refractivity contribution in [2.45, 2.75) is 11.4 Å². The fourth-order valence-electron chi connectivity index (χ4n) is 1.33. The van der Waals surface area contributed by atoms with Gasteiger partial charge in [0.2, 0.25) is 0 Å². The highest BCUT2D eigenvalue weighted by Gasteiger charge is 2.05. The van der Waals surface area contributed by atoms with Crippen LogP contribution in [0.1, 0.15) is 5.82 Å². The number of hydrogen-bond acceptors (Lipinski definition) is 4. The lowest BCUT2D eigenvalue weighted by molar-refractivity contribution is 0.641. The molecule has 1 aromatic heterocycles. The number of halogens is 1. The van der Waals surface area contributed by atoms with Crippen LogP contribution in [0.3, 0.4) is 0 Å². The van der Waals surface area contributed by atoms with Crippen LogP contribution >= 0.6 is 11.6 Å². The number of nitriles is 1. The average Bonchev–Trinajstić information content (AvgIpc) is 2.85. The largest absolute Gasteiger partial charge is 0.254 e. The van der Waals surface area contributed by atoms with Crippen LogP contribution < -0.4 is 0 Å². The van der Waals surface area contributed by atoms with Crippen molar-refractivity contribution >= 4 is 22.4 Å². The Hall–Kier alpha value is -1.71. The summed E-state index contributed by atoms with van der Waals surface area (Å²) in [5.41, 5.74) is 0. The maximum absolute atomic E-state index is 11.9. The van der Waals surface area contributed by atoms with Gasteiger partial charge in [-0.3, -0.25) is 8.89 Å². The standard InChI is InChI=1S/C11H9ClN4OS/c12-9-1-3-10(4-2-9)18(17)6-5-16-8-14-11(7-13)15-16/h1-4,8H,5-6H2/t18-/m1/s1. The third-order valence-corrected chi connectivity index (χ3v) is 3.82. The van der Waals surface area contributed by atoms with Crippen molar-refractivity contribution in [2.24, 2.45) is 0 Å². The minimum Gasteiger partial charge on any atom is -0.254 e. The van der Waals surface area contributed by atoms with Crippen LogP contribution in [0, 0.1) is 11.3 Å². The first-order chi connectivity index (χ1) is 8.69. The molecule has 18 heavy (non-hydrogen) atoms. The van der Waals surface area contributed by atoms with Gasteiger partial charge in [0.05, 0.1) is 17.3 Å². The van der Waals surface area contributed by atoms with Gasteiger partial charge in [0.15, 0.2) is 0 Å². The van der Waals surface area contributed by atoms with Crippen LogP contribution in [0.5, 0.6) is 0 Å². The van der Waals surface area contributed by atoms with Gasteiger partial charge in [-0.15, -0.1) is 5.10 Å². The van der Waals surface area contributed by atoms with Gasteiger partial charge in [0.25, 0.3) is 5.82 Å². The van der Waals surface area contributed by atoms with Crippen molar-refractivity contribution in [3.63, 3.8) is 0 Å². The van der Waals surface area contributed by atoms with Gasteiger partial charge in [0, 0.05) is 15.7 Å². The highest BCUT2D eigenvalue weighted by atomic mass is 35.5. The van der Waals surface area contributed by atoms with Gasteiger partial charge in [-0.1, -0.05) is 11.6 Å². The lowest BCUT2D eigenvalue weighted by Crippen LogP contribution is -2.08. The van der Waals surface area contributed by atoms with Crippen molar-refractivity contribution in [3.8, 4) is 6.07 Å². The van der Waals surface area contributed by atoms with E-state index in [-0.39, 0.29) is 5.82 Å². The third-order valence-electron chi connectivity index (χ3n) is 2.22. The van der Waals surface area contributed by atoms with Crippen LogP contribution in [0.25, 0.3) is 0 Å². The molecule has 0 saturated heterocycles. The lowest BCUT2D eigenvalue weighted by Gasteiger charge is -2.02. The maximum atomic E-state index is 11.9. The monoisotopic (exact) mass is 280 g/mol. The Bertz CT molecular complexity index is 602. The molecule has 1 atom stereocenters. The molecule has 0 aliphatic carbocycles. The second-order valence-electron chi connectivity index (χ2n) is 3.45. The first-order valence-corrected chi connectivity index (χ1v) is 6.82. The fraction of sp³-hybridized carbons (Fsp3) is 0.182. The summed E-state index contributed by atoms with van der Waals surface area (Å²) in [5, 5.41) is 13.1. The van der Waals surface area contributed by atoms with E-state index in [0.717, 1.165) is 4.90 Å². The molecule has 5 nitrogen and oxygen atoms in total. The van der Waals surface area contributed by atoms with E-state index >= 15 is 0 Å². The molecule has 7 heteroatoms. The molecule has 0 bridgehead atoms. The molecule has 0 N–H and O–H groups in total. The summed E-state index contributed by atoms with van der Waals surface area (Å²) in [6.45, 7) is 0.448. The van der Waals surface area contributed by atoms with Gasteiger partial charge < -0.3 is 0 Å². The predicted molar refractivity (Wildman–Crippen MR) is 67.5 cm³/mol. The number of rotatable bonds is 4. The highest BCUT2D eigenvalue weighted by Crippen LogP contribution is 2.12. The van der Waals surface area contributed by atoms with Crippen LogP contribution in [0.15, 0.2) is 35.5 Å². The Labute approximate surface area is 111 Å². The van der Waals surface area contributed by atoms with Gasteiger partial charge in [-0.25, -0.2) is 4.98 Å². The molecule has 1 aromatic carbocycles. The molecule has 0 saturated carbocycles. The Kier molecular flexibility index (Phi) is 4.07. The molecule has 0 amide bonds. The maximum Gasteiger partial charge on any atom is 0.252 e.